The SMILES string of the molecule is Cc1ccccc1OCc1nc(C)c(CCO)c(=O)[nH]1. The molecule has 2 rings (SSSR count). The highest BCUT2D eigenvalue weighted by Crippen LogP contribution is 2.17. The first-order valence-electron chi connectivity index (χ1n) is 6.49. The van der Waals surface area contributed by atoms with Gasteiger partial charge < -0.3 is 14.8 Å². The number of aromatic nitrogens is 2. The average molecular weight is 274 g/mol. The summed E-state index contributed by atoms with van der Waals surface area (Å²) in [6, 6.07) is 7.67. The molecule has 0 aliphatic heterocycles. The van der Waals surface area contributed by atoms with Gasteiger partial charge in [-0.1, -0.05) is 18.2 Å². The van der Waals surface area contributed by atoms with Crippen molar-refractivity contribution in [2.24, 2.45) is 0 Å². The molecule has 5 nitrogen and oxygen atoms in total. The van der Waals surface area contributed by atoms with Gasteiger partial charge in [0, 0.05) is 24.3 Å². The second kappa shape index (κ2) is 6.34. The summed E-state index contributed by atoms with van der Waals surface area (Å²) in [6.07, 6.45) is 0.313. The van der Waals surface area contributed by atoms with Gasteiger partial charge in [-0.05, 0) is 25.5 Å². The summed E-state index contributed by atoms with van der Waals surface area (Å²) in [7, 11) is 0. The largest absolute Gasteiger partial charge is 0.485 e. The standard InChI is InChI=1S/C15H18N2O3/c1-10-5-3-4-6-13(10)20-9-14-16-11(2)12(7-8-18)15(19)17-14/h3-6,18H,7-9H2,1-2H3,(H,16,17,19). The van der Waals surface area contributed by atoms with E-state index >= 15 is 0 Å². The second-order valence-corrected chi connectivity index (χ2v) is 4.60. The van der Waals surface area contributed by atoms with E-state index in [1.165, 1.54) is 0 Å². The molecule has 5 heteroatoms. The minimum Gasteiger partial charge on any atom is -0.485 e. The molecule has 0 unspecified atom stereocenters. The van der Waals surface area contributed by atoms with Gasteiger partial charge in [0.2, 0.25) is 0 Å². The fourth-order valence-electron chi connectivity index (χ4n) is 2.01. The van der Waals surface area contributed by atoms with Crippen LogP contribution in [0.4, 0.5) is 0 Å². The molecule has 2 N–H and O–H groups in total. The highest BCUT2D eigenvalue weighted by atomic mass is 16.5. The van der Waals surface area contributed by atoms with Gasteiger partial charge >= 0.3 is 0 Å². The van der Waals surface area contributed by atoms with Crippen molar-refractivity contribution in [3.63, 3.8) is 0 Å². The monoisotopic (exact) mass is 274 g/mol. The van der Waals surface area contributed by atoms with Gasteiger partial charge in [-0.25, -0.2) is 4.98 Å². The number of hydrogen-bond acceptors (Lipinski definition) is 4. The van der Waals surface area contributed by atoms with Crippen LogP contribution in [0.3, 0.4) is 0 Å². The molecule has 1 heterocycles. The van der Waals surface area contributed by atoms with Crippen LogP contribution in [-0.4, -0.2) is 21.7 Å². The second-order valence-electron chi connectivity index (χ2n) is 4.60. The van der Waals surface area contributed by atoms with Gasteiger partial charge in [-0.2, -0.15) is 0 Å². The molecule has 1 aromatic heterocycles. The number of ether oxygens (including phenoxy) is 1. The van der Waals surface area contributed by atoms with Crippen LogP contribution in [0.25, 0.3) is 0 Å². The first-order valence-corrected chi connectivity index (χ1v) is 6.49. The van der Waals surface area contributed by atoms with Crippen LogP contribution >= 0.6 is 0 Å². The van der Waals surface area contributed by atoms with E-state index < -0.39 is 0 Å². The van der Waals surface area contributed by atoms with Crippen molar-refractivity contribution < 1.29 is 9.84 Å². The van der Waals surface area contributed by atoms with Crippen molar-refractivity contribution in [2.75, 3.05) is 6.61 Å². The Morgan fingerprint density at radius 1 is 1.30 bits per heavy atom. The Balaban J connectivity index is 2.15. The van der Waals surface area contributed by atoms with E-state index in [4.69, 9.17) is 9.84 Å². The fraction of sp³-hybridized carbons (Fsp3) is 0.333. The van der Waals surface area contributed by atoms with Crippen molar-refractivity contribution in [1.29, 1.82) is 0 Å². The lowest BCUT2D eigenvalue weighted by Crippen LogP contribution is -2.21. The van der Waals surface area contributed by atoms with Crippen LogP contribution in [0.15, 0.2) is 29.1 Å². The normalized spacial score (nSPS) is 10.6. The Hall–Kier alpha value is -2.14. The third-order valence-corrected chi connectivity index (χ3v) is 3.09. The summed E-state index contributed by atoms with van der Waals surface area (Å²) < 4.78 is 5.65. The maximum Gasteiger partial charge on any atom is 0.254 e. The molecule has 0 spiro atoms. The molecule has 0 saturated carbocycles. The Morgan fingerprint density at radius 2 is 2.05 bits per heavy atom. The maximum absolute atomic E-state index is 11.9. The van der Waals surface area contributed by atoms with E-state index in [-0.39, 0.29) is 18.8 Å². The first kappa shape index (κ1) is 14.3. The number of aliphatic hydroxyl groups excluding tert-OH is 1. The third-order valence-electron chi connectivity index (χ3n) is 3.09. The van der Waals surface area contributed by atoms with E-state index in [9.17, 15) is 4.79 Å². The van der Waals surface area contributed by atoms with E-state index in [1.54, 1.807) is 6.92 Å². The molecule has 0 amide bonds. The molecule has 2 aromatic rings. The lowest BCUT2D eigenvalue weighted by Gasteiger charge is -2.09. The molecule has 0 bridgehead atoms. The predicted molar refractivity (Wildman–Crippen MR) is 75.9 cm³/mol. The quantitative estimate of drug-likeness (QED) is 0.866. The van der Waals surface area contributed by atoms with Crippen molar-refractivity contribution in [3.8, 4) is 5.75 Å². The van der Waals surface area contributed by atoms with Crippen molar-refractivity contribution in [2.45, 2.75) is 26.9 Å². The molecule has 1 aromatic carbocycles. The number of rotatable bonds is 5. The lowest BCUT2D eigenvalue weighted by molar-refractivity contribution is 0.291. The van der Waals surface area contributed by atoms with Gasteiger partial charge in [-0.15, -0.1) is 0 Å². The molecule has 20 heavy (non-hydrogen) atoms. The van der Waals surface area contributed by atoms with Crippen LogP contribution in [0.5, 0.6) is 5.75 Å². The summed E-state index contributed by atoms with van der Waals surface area (Å²) >= 11 is 0. The molecular formula is C15H18N2O3. The minimum atomic E-state index is -0.213. The van der Waals surface area contributed by atoms with Crippen molar-refractivity contribution in [1.82, 2.24) is 9.97 Å². The third kappa shape index (κ3) is 3.24. The highest BCUT2D eigenvalue weighted by molar-refractivity contribution is 5.31. The van der Waals surface area contributed by atoms with Crippen LogP contribution < -0.4 is 10.3 Å². The van der Waals surface area contributed by atoms with Crippen LogP contribution in [0, 0.1) is 13.8 Å². The minimum absolute atomic E-state index is 0.0648. The number of aromatic amines is 1. The average Bonchev–Trinajstić information content (AvgIpc) is 2.42. The Labute approximate surface area is 117 Å². The van der Waals surface area contributed by atoms with Crippen molar-refractivity contribution >= 4 is 0 Å². The fourth-order valence-corrected chi connectivity index (χ4v) is 2.01. The Bertz CT molecular complexity index is 650. The highest BCUT2D eigenvalue weighted by Gasteiger charge is 2.08. The summed E-state index contributed by atoms with van der Waals surface area (Å²) in [5.41, 5.74) is 1.97. The zero-order valence-corrected chi connectivity index (χ0v) is 11.6. The number of benzene rings is 1. The topological polar surface area (TPSA) is 75.2 Å². The molecule has 0 aliphatic rings. The molecule has 0 fully saturated rings. The molecule has 106 valence electrons. The number of aliphatic hydroxyl groups is 1. The Morgan fingerprint density at radius 3 is 2.70 bits per heavy atom. The van der Waals surface area contributed by atoms with E-state index in [0.29, 0.717) is 23.5 Å². The number of nitrogens with one attached hydrogen (secondary N) is 1. The van der Waals surface area contributed by atoms with Crippen LogP contribution in [0.2, 0.25) is 0 Å². The van der Waals surface area contributed by atoms with Gasteiger partial charge in [0.25, 0.3) is 5.56 Å². The predicted octanol–water partition coefficient (Wildman–Crippen LogP) is 1.50. The summed E-state index contributed by atoms with van der Waals surface area (Å²) in [5, 5.41) is 8.92. The molecular weight excluding hydrogens is 256 g/mol. The number of para-hydroxylation sites is 1. The Kier molecular flexibility index (Phi) is 4.53. The van der Waals surface area contributed by atoms with E-state index in [1.807, 2.05) is 31.2 Å². The molecule has 0 aliphatic carbocycles. The number of hydrogen-bond donors (Lipinski definition) is 2. The summed E-state index contributed by atoms with van der Waals surface area (Å²) in [4.78, 5) is 18.9. The summed E-state index contributed by atoms with van der Waals surface area (Å²) in [6.45, 7) is 3.86. The zero-order chi connectivity index (χ0) is 14.5. The molecule has 0 radical (unpaired) electrons. The van der Waals surface area contributed by atoms with E-state index in [2.05, 4.69) is 9.97 Å². The first-order chi connectivity index (χ1) is 9.61. The van der Waals surface area contributed by atoms with Gasteiger partial charge in [-0.3, -0.25) is 4.79 Å². The number of aryl methyl sites for hydroxylation is 2. The number of H-pyrrole nitrogens is 1. The summed E-state index contributed by atoms with van der Waals surface area (Å²) in [5.74, 6) is 1.25. The van der Waals surface area contributed by atoms with E-state index in [0.717, 1.165) is 11.3 Å². The molecule has 0 saturated heterocycles. The van der Waals surface area contributed by atoms with Crippen LogP contribution in [0.1, 0.15) is 22.6 Å². The maximum atomic E-state index is 11.9. The molecule has 0 atom stereocenters. The van der Waals surface area contributed by atoms with Crippen LogP contribution in [-0.2, 0) is 13.0 Å². The van der Waals surface area contributed by atoms with Crippen molar-refractivity contribution in [3.05, 3.63) is 57.3 Å². The number of nitrogens with zero attached hydrogens (tertiary/aromatic N) is 1. The van der Waals surface area contributed by atoms with Gasteiger partial charge in [0.15, 0.2) is 0 Å². The zero-order valence-electron chi connectivity index (χ0n) is 11.6. The smallest absolute Gasteiger partial charge is 0.254 e. The van der Waals surface area contributed by atoms with Gasteiger partial charge in [0.05, 0.1) is 0 Å². The van der Waals surface area contributed by atoms with Gasteiger partial charge in [0.1, 0.15) is 18.2 Å². The lowest BCUT2D eigenvalue weighted by atomic mass is 10.2.